The predicted molar refractivity (Wildman–Crippen MR) is 88.6 cm³/mol. The van der Waals surface area contributed by atoms with Crippen molar-refractivity contribution in [3.8, 4) is 0 Å². The average Bonchev–Trinajstić information content (AvgIpc) is 2.57. The fourth-order valence-corrected chi connectivity index (χ4v) is 2.95. The topological polar surface area (TPSA) is 42.0 Å². The number of hydrogen-bond donors (Lipinski definition) is 1. The van der Waals surface area contributed by atoms with Gasteiger partial charge in [0, 0.05) is 29.0 Å². The fraction of sp³-hybridized carbons (Fsp3) is 0.333. The van der Waals surface area contributed by atoms with E-state index in [4.69, 9.17) is 11.6 Å². The van der Waals surface area contributed by atoms with Gasteiger partial charge in [0.2, 0.25) is 0 Å². The minimum absolute atomic E-state index is 0.0660. The van der Waals surface area contributed by atoms with Gasteiger partial charge >= 0.3 is 0 Å². The summed E-state index contributed by atoms with van der Waals surface area (Å²) < 4.78 is 0. The van der Waals surface area contributed by atoms with Crippen molar-refractivity contribution in [1.82, 2.24) is 10.3 Å². The number of halogens is 1. The van der Waals surface area contributed by atoms with E-state index in [1.807, 2.05) is 12.3 Å². The Morgan fingerprint density at radius 2 is 2.05 bits per heavy atom. The number of carbonyl (C=O) groups is 1. The van der Waals surface area contributed by atoms with Crippen LogP contribution in [0.4, 0.5) is 0 Å². The highest BCUT2D eigenvalue weighted by molar-refractivity contribution is 6.30. The normalized spacial score (nSPS) is 18.1. The molecule has 1 fully saturated rings. The molecule has 22 heavy (non-hydrogen) atoms. The monoisotopic (exact) mass is 314 g/mol. The lowest BCUT2D eigenvalue weighted by molar-refractivity contribution is 0.0992. The van der Waals surface area contributed by atoms with E-state index < -0.39 is 0 Å². The largest absolute Gasteiger partial charge is 0.316 e. The number of Topliss-reactive ketones (excluding diaryl/α,β-unsaturated/α-hetero) is 1. The van der Waals surface area contributed by atoms with Crippen LogP contribution in [0.2, 0.25) is 5.02 Å². The standard InChI is InChI=1S/C18H19ClN2O/c19-16-6-3-13(4-7-16)18(22)10-17-8-5-15(12-21-17)14-2-1-9-20-11-14/h3-8,12,14,20H,1-2,9-11H2. The minimum atomic E-state index is 0.0660. The molecule has 0 saturated carbocycles. The van der Waals surface area contributed by atoms with Crippen LogP contribution in [0.5, 0.6) is 0 Å². The van der Waals surface area contributed by atoms with Gasteiger partial charge in [-0.3, -0.25) is 9.78 Å². The van der Waals surface area contributed by atoms with Crippen LogP contribution in [0.15, 0.2) is 42.6 Å². The van der Waals surface area contributed by atoms with Crippen LogP contribution < -0.4 is 5.32 Å². The van der Waals surface area contributed by atoms with E-state index in [0.29, 0.717) is 22.9 Å². The van der Waals surface area contributed by atoms with Crippen molar-refractivity contribution < 1.29 is 4.79 Å². The van der Waals surface area contributed by atoms with Gasteiger partial charge in [-0.15, -0.1) is 0 Å². The highest BCUT2D eigenvalue weighted by Gasteiger charge is 2.15. The molecule has 0 aliphatic carbocycles. The van der Waals surface area contributed by atoms with E-state index in [2.05, 4.69) is 16.4 Å². The van der Waals surface area contributed by atoms with Crippen molar-refractivity contribution in [1.29, 1.82) is 0 Å². The molecule has 3 nitrogen and oxygen atoms in total. The zero-order chi connectivity index (χ0) is 15.4. The highest BCUT2D eigenvalue weighted by Crippen LogP contribution is 2.22. The smallest absolute Gasteiger partial charge is 0.168 e. The second kappa shape index (κ2) is 7.03. The number of nitrogens with one attached hydrogen (secondary N) is 1. The van der Waals surface area contributed by atoms with Crippen LogP contribution in [-0.2, 0) is 6.42 Å². The number of hydrogen-bond acceptors (Lipinski definition) is 3. The summed E-state index contributed by atoms with van der Waals surface area (Å²) in [5.41, 5.74) is 2.74. The zero-order valence-corrected chi connectivity index (χ0v) is 13.1. The third-order valence-corrected chi connectivity index (χ3v) is 4.38. The first-order valence-corrected chi connectivity index (χ1v) is 8.04. The Kier molecular flexibility index (Phi) is 4.86. The molecule has 1 aliphatic rings. The fourth-order valence-electron chi connectivity index (χ4n) is 2.82. The molecule has 1 aromatic heterocycles. The Labute approximate surface area is 135 Å². The van der Waals surface area contributed by atoms with Crippen LogP contribution in [0.25, 0.3) is 0 Å². The third-order valence-electron chi connectivity index (χ3n) is 4.12. The third kappa shape index (κ3) is 3.73. The maximum absolute atomic E-state index is 12.2. The maximum Gasteiger partial charge on any atom is 0.168 e. The van der Waals surface area contributed by atoms with Gasteiger partial charge in [-0.1, -0.05) is 17.7 Å². The van der Waals surface area contributed by atoms with Gasteiger partial charge in [-0.25, -0.2) is 0 Å². The van der Waals surface area contributed by atoms with E-state index in [0.717, 1.165) is 18.8 Å². The molecule has 0 bridgehead atoms. The first-order chi connectivity index (χ1) is 10.7. The van der Waals surface area contributed by atoms with Gasteiger partial charge in [0.05, 0.1) is 6.42 Å². The summed E-state index contributed by atoms with van der Waals surface area (Å²) in [7, 11) is 0. The summed E-state index contributed by atoms with van der Waals surface area (Å²) in [6.07, 6.45) is 4.66. The summed E-state index contributed by atoms with van der Waals surface area (Å²) in [5.74, 6) is 0.610. The summed E-state index contributed by atoms with van der Waals surface area (Å²) in [5, 5.41) is 4.05. The predicted octanol–water partition coefficient (Wildman–Crippen LogP) is 3.63. The van der Waals surface area contributed by atoms with Crippen molar-refractivity contribution in [2.75, 3.05) is 13.1 Å². The Morgan fingerprint density at radius 3 is 2.68 bits per heavy atom. The van der Waals surface area contributed by atoms with Gasteiger partial charge in [0.25, 0.3) is 0 Å². The number of nitrogens with zero attached hydrogens (tertiary/aromatic N) is 1. The first kappa shape index (κ1) is 15.2. The molecule has 0 spiro atoms. The van der Waals surface area contributed by atoms with Crippen molar-refractivity contribution in [3.63, 3.8) is 0 Å². The molecular weight excluding hydrogens is 296 g/mol. The van der Waals surface area contributed by atoms with Crippen LogP contribution >= 0.6 is 11.6 Å². The first-order valence-electron chi connectivity index (χ1n) is 7.67. The number of pyridine rings is 1. The zero-order valence-electron chi connectivity index (χ0n) is 12.4. The van der Waals surface area contributed by atoms with Crippen LogP contribution in [-0.4, -0.2) is 23.9 Å². The Bertz CT molecular complexity index is 631. The Balaban J connectivity index is 1.65. The van der Waals surface area contributed by atoms with Gasteiger partial charge in [0.15, 0.2) is 5.78 Å². The molecule has 1 unspecified atom stereocenters. The van der Waals surface area contributed by atoms with E-state index in [-0.39, 0.29) is 5.78 Å². The lowest BCUT2D eigenvalue weighted by Crippen LogP contribution is -2.28. The molecule has 2 heterocycles. The van der Waals surface area contributed by atoms with Crippen LogP contribution in [0, 0.1) is 0 Å². The van der Waals surface area contributed by atoms with Crippen molar-refractivity contribution >= 4 is 17.4 Å². The van der Waals surface area contributed by atoms with E-state index >= 15 is 0 Å². The van der Waals surface area contributed by atoms with Gasteiger partial charge in [-0.2, -0.15) is 0 Å². The van der Waals surface area contributed by atoms with Gasteiger partial charge in [0.1, 0.15) is 0 Å². The quantitative estimate of drug-likeness (QED) is 0.876. The lowest BCUT2D eigenvalue weighted by atomic mass is 9.92. The number of piperidine rings is 1. The van der Waals surface area contributed by atoms with Gasteiger partial charge < -0.3 is 5.32 Å². The summed E-state index contributed by atoms with van der Waals surface area (Å²) in [6, 6.07) is 11.1. The number of ketones is 1. The number of benzene rings is 1. The molecule has 114 valence electrons. The van der Waals surface area contributed by atoms with Crippen molar-refractivity contribution in [2.45, 2.75) is 25.2 Å². The molecular formula is C18H19ClN2O. The molecule has 1 aliphatic heterocycles. The highest BCUT2D eigenvalue weighted by atomic mass is 35.5. The average molecular weight is 315 g/mol. The molecule has 0 amide bonds. The summed E-state index contributed by atoms with van der Waals surface area (Å²) in [6.45, 7) is 2.13. The lowest BCUT2D eigenvalue weighted by Gasteiger charge is -2.22. The molecule has 1 aromatic carbocycles. The van der Waals surface area contributed by atoms with E-state index in [1.165, 1.54) is 18.4 Å². The van der Waals surface area contributed by atoms with E-state index in [9.17, 15) is 4.79 Å². The van der Waals surface area contributed by atoms with E-state index in [1.54, 1.807) is 24.3 Å². The number of carbonyl (C=O) groups excluding carboxylic acids is 1. The number of aromatic nitrogens is 1. The molecule has 4 heteroatoms. The molecule has 1 saturated heterocycles. The van der Waals surface area contributed by atoms with Crippen molar-refractivity contribution in [3.05, 3.63) is 64.4 Å². The number of rotatable bonds is 4. The van der Waals surface area contributed by atoms with Gasteiger partial charge in [-0.05, 0) is 61.2 Å². The molecule has 1 N–H and O–H groups in total. The molecule has 0 radical (unpaired) electrons. The molecule has 1 atom stereocenters. The van der Waals surface area contributed by atoms with Crippen LogP contribution in [0.3, 0.4) is 0 Å². The SMILES string of the molecule is O=C(Cc1ccc(C2CCCNC2)cn1)c1ccc(Cl)cc1. The second-order valence-electron chi connectivity index (χ2n) is 5.73. The summed E-state index contributed by atoms with van der Waals surface area (Å²) in [4.78, 5) is 16.7. The van der Waals surface area contributed by atoms with Crippen LogP contribution in [0.1, 0.15) is 40.4 Å². The Hall–Kier alpha value is -1.71. The second-order valence-corrected chi connectivity index (χ2v) is 6.17. The summed E-state index contributed by atoms with van der Waals surface area (Å²) >= 11 is 5.84. The molecule has 2 aromatic rings. The minimum Gasteiger partial charge on any atom is -0.316 e. The van der Waals surface area contributed by atoms with Crippen molar-refractivity contribution in [2.24, 2.45) is 0 Å². The Morgan fingerprint density at radius 1 is 1.23 bits per heavy atom. The maximum atomic E-state index is 12.2. The molecule has 3 rings (SSSR count).